The quantitative estimate of drug-likeness (QED) is 0.355. The van der Waals surface area contributed by atoms with Crippen LogP contribution in [0.5, 0.6) is 5.75 Å². The molecular formula is C28H29N3O3S. The van der Waals surface area contributed by atoms with Crippen molar-refractivity contribution in [3.8, 4) is 16.9 Å². The first-order chi connectivity index (χ1) is 17.2. The molecule has 7 heteroatoms. The second kappa shape index (κ2) is 11.0. The fourth-order valence-corrected chi connectivity index (χ4v) is 5.24. The van der Waals surface area contributed by atoms with Gasteiger partial charge in [-0.2, -0.15) is 0 Å². The van der Waals surface area contributed by atoms with Crippen LogP contribution in [0.15, 0.2) is 72.8 Å². The standard InChI is InChI=1S/C28H29N3O3S/c1-33-24-11-12-26-25(20-24)29-28(35-26)31(14-13-30-15-17-34-18-16-30)27(32)19-21-7-9-23(10-8-21)22-5-3-2-4-6-22/h2-12,20H,13-19H2,1H3. The molecule has 1 aliphatic rings. The Kier molecular flexibility index (Phi) is 7.37. The van der Waals surface area contributed by atoms with E-state index in [1.807, 2.05) is 53.4 Å². The van der Waals surface area contributed by atoms with Crippen LogP contribution in [0, 0.1) is 0 Å². The van der Waals surface area contributed by atoms with Crippen molar-refractivity contribution in [2.24, 2.45) is 0 Å². The van der Waals surface area contributed by atoms with Crippen LogP contribution in [0.3, 0.4) is 0 Å². The molecule has 1 aliphatic heterocycles. The third kappa shape index (κ3) is 5.70. The Morgan fingerprint density at radius 1 is 1.03 bits per heavy atom. The Hall–Kier alpha value is -3.26. The van der Waals surface area contributed by atoms with E-state index in [1.165, 1.54) is 5.56 Å². The third-order valence-electron chi connectivity index (χ3n) is 6.28. The van der Waals surface area contributed by atoms with Crippen LogP contribution in [0.2, 0.25) is 0 Å². The lowest BCUT2D eigenvalue weighted by Crippen LogP contribution is -2.43. The molecule has 1 amide bonds. The largest absolute Gasteiger partial charge is 0.497 e. The number of benzene rings is 3. The van der Waals surface area contributed by atoms with E-state index in [9.17, 15) is 4.79 Å². The summed E-state index contributed by atoms with van der Waals surface area (Å²) in [5.74, 6) is 0.816. The highest BCUT2D eigenvalue weighted by atomic mass is 32.1. The molecule has 0 spiro atoms. The van der Waals surface area contributed by atoms with Crippen LogP contribution >= 0.6 is 11.3 Å². The number of rotatable bonds is 8. The molecular weight excluding hydrogens is 458 g/mol. The van der Waals surface area contributed by atoms with E-state index in [0.29, 0.717) is 13.0 Å². The van der Waals surface area contributed by atoms with Gasteiger partial charge in [0.25, 0.3) is 0 Å². The predicted octanol–water partition coefficient (Wildman–Crippen LogP) is 4.88. The van der Waals surface area contributed by atoms with Crippen LogP contribution in [0.1, 0.15) is 5.56 Å². The lowest BCUT2D eigenvalue weighted by Gasteiger charge is -2.29. The van der Waals surface area contributed by atoms with Crippen molar-refractivity contribution >= 4 is 32.6 Å². The fourth-order valence-electron chi connectivity index (χ4n) is 4.25. The Bertz CT molecular complexity index is 1270. The summed E-state index contributed by atoms with van der Waals surface area (Å²) in [4.78, 5) is 22.6. The van der Waals surface area contributed by atoms with E-state index in [1.54, 1.807) is 18.4 Å². The average molecular weight is 488 g/mol. The first-order valence-electron chi connectivity index (χ1n) is 11.9. The molecule has 6 nitrogen and oxygen atoms in total. The molecule has 35 heavy (non-hydrogen) atoms. The zero-order valence-electron chi connectivity index (χ0n) is 19.9. The van der Waals surface area contributed by atoms with E-state index in [2.05, 4.69) is 29.2 Å². The molecule has 0 aliphatic carbocycles. The van der Waals surface area contributed by atoms with E-state index >= 15 is 0 Å². The molecule has 3 aromatic carbocycles. The molecule has 1 aromatic heterocycles. The molecule has 0 N–H and O–H groups in total. The number of morpholine rings is 1. The maximum Gasteiger partial charge on any atom is 0.233 e. The third-order valence-corrected chi connectivity index (χ3v) is 7.33. The Morgan fingerprint density at radius 2 is 1.77 bits per heavy atom. The number of amides is 1. The van der Waals surface area contributed by atoms with Gasteiger partial charge in [-0.1, -0.05) is 65.9 Å². The lowest BCUT2D eigenvalue weighted by atomic mass is 10.0. The molecule has 4 aromatic rings. The number of hydrogen-bond donors (Lipinski definition) is 0. The van der Waals surface area contributed by atoms with Crippen molar-refractivity contribution in [2.45, 2.75) is 6.42 Å². The van der Waals surface area contributed by atoms with Gasteiger partial charge < -0.3 is 9.47 Å². The molecule has 1 fully saturated rings. The molecule has 5 rings (SSSR count). The lowest BCUT2D eigenvalue weighted by molar-refractivity contribution is -0.118. The summed E-state index contributed by atoms with van der Waals surface area (Å²) in [5, 5.41) is 0.729. The minimum absolute atomic E-state index is 0.0525. The molecule has 1 saturated heterocycles. The zero-order valence-corrected chi connectivity index (χ0v) is 20.7. The highest BCUT2D eigenvalue weighted by Crippen LogP contribution is 2.31. The van der Waals surface area contributed by atoms with E-state index in [0.717, 1.165) is 65.1 Å². The number of nitrogens with zero attached hydrogens (tertiary/aromatic N) is 3. The number of aromatic nitrogens is 1. The fraction of sp³-hybridized carbons (Fsp3) is 0.286. The summed E-state index contributed by atoms with van der Waals surface area (Å²) in [6.07, 6.45) is 0.331. The predicted molar refractivity (Wildman–Crippen MR) is 141 cm³/mol. The van der Waals surface area contributed by atoms with E-state index in [4.69, 9.17) is 14.5 Å². The first kappa shape index (κ1) is 23.5. The van der Waals surface area contributed by atoms with Gasteiger partial charge in [0, 0.05) is 32.2 Å². The van der Waals surface area contributed by atoms with Gasteiger partial charge in [0.1, 0.15) is 5.75 Å². The molecule has 0 saturated carbocycles. The number of ether oxygens (including phenoxy) is 2. The molecule has 0 unspecified atom stereocenters. The van der Waals surface area contributed by atoms with Gasteiger partial charge in [-0.05, 0) is 28.8 Å². The van der Waals surface area contributed by atoms with E-state index in [-0.39, 0.29) is 5.91 Å². The van der Waals surface area contributed by atoms with Crippen molar-refractivity contribution in [1.82, 2.24) is 9.88 Å². The van der Waals surface area contributed by atoms with Gasteiger partial charge in [-0.25, -0.2) is 4.98 Å². The Balaban J connectivity index is 1.35. The number of carbonyl (C=O) groups excluding carboxylic acids is 1. The Morgan fingerprint density at radius 3 is 2.51 bits per heavy atom. The average Bonchev–Trinajstić information content (AvgIpc) is 3.33. The zero-order chi connectivity index (χ0) is 24.0. The highest BCUT2D eigenvalue weighted by Gasteiger charge is 2.22. The second-order valence-corrected chi connectivity index (χ2v) is 9.58. The maximum absolute atomic E-state index is 13.6. The molecule has 0 radical (unpaired) electrons. The smallest absolute Gasteiger partial charge is 0.233 e. The normalized spacial score (nSPS) is 14.2. The summed E-state index contributed by atoms with van der Waals surface area (Å²) in [6, 6.07) is 24.4. The first-order valence-corrected chi connectivity index (χ1v) is 12.7. The number of thiazole rings is 1. The number of anilines is 1. The van der Waals surface area contributed by atoms with Crippen molar-refractivity contribution < 1.29 is 14.3 Å². The highest BCUT2D eigenvalue weighted by molar-refractivity contribution is 7.22. The van der Waals surface area contributed by atoms with Crippen LogP contribution in [-0.2, 0) is 16.0 Å². The van der Waals surface area contributed by atoms with Gasteiger partial charge in [-0.3, -0.25) is 14.6 Å². The summed E-state index contributed by atoms with van der Waals surface area (Å²) in [5.41, 5.74) is 4.16. The summed E-state index contributed by atoms with van der Waals surface area (Å²) in [6.45, 7) is 4.64. The molecule has 180 valence electrons. The monoisotopic (exact) mass is 487 g/mol. The van der Waals surface area contributed by atoms with Crippen molar-refractivity contribution in [3.05, 3.63) is 78.4 Å². The van der Waals surface area contributed by atoms with Crippen LogP contribution < -0.4 is 9.64 Å². The maximum atomic E-state index is 13.6. The van der Waals surface area contributed by atoms with Gasteiger partial charge >= 0.3 is 0 Å². The number of methoxy groups -OCH3 is 1. The minimum Gasteiger partial charge on any atom is -0.497 e. The van der Waals surface area contributed by atoms with Crippen LogP contribution in [-0.4, -0.2) is 62.3 Å². The minimum atomic E-state index is 0.0525. The second-order valence-electron chi connectivity index (χ2n) is 8.57. The van der Waals surface area contributed by atoms with Crippen LogP contribution in [0.4, 0.5) is 5.13 Å². The van der Waals surface area contributed by atoms with E-state index < -0.39 is 0 Å². The Labute approximate surface area is 209 Å². The van der Waals surface area contributed by atoms with Gasteiger partial charge in [0.2, 0.25) is 5.91 Å². The van der Waals surface area contributed by atoms with Gasteiger partial charge in [-0.15, -0.1) is 0 Å². The molecule has 0 atom stereocenters. The summed E-state index contributed by atoms with van der Waals surface area (Å²) < 4.78 is 11.9. The van der Waals surface area contributed by atoms with Crippen molar-refractivity contribution in [1.29, 1.82) is 0 Å². The number of fused-ring (bicyclic) bond motifs is 1. The molecule has 0 bridgehead atoms. The summed E-state index contributed by atoms with van der Waals surface area (Å²) in [7, 11) is 1.65. The van der Waals surface area contributed by atoms with Crippen molar-refractivity contribution in [2.75, 3.05) is 51.4 Å². The SMILES string of the molecule is COc1ccc2sc(N(CCN3CCOCC3)C(=O)Cc3ccc(-c4ccccc4)cc3)nc2c1. The topological polar surface area (TPSA) is 54.9 Å². The van der Waals surface area contributed by atoms with Crippen molar-refractivity contribution in [3.63, 3.8) is 0 Å². The number of hydrogen-bond acceptors (Lipinski definition) is 6. The number of carbonyl (C=O) groups is 1. The molecule has 2 heterocycles. The van der Waals surface area contributed by atoms with Gasteiger partial charge in [0.05, 0.1) is 37.0 Å². The van der Waals surface area contributed by atoms with Gasteiger partial charge in [0.15, 0.2) is 5.13 Å². The van der Waals surface area contributed by atoms with Crippen LogP contribution in [0.25, 0.3) is 21.3 Å². The summed E-state index contributed by atoms with van der Waals surface area (Å²) >= 11 is 1.55.